The van der Waals surface area contributed by atoms with Gasteiger partial charge in [-0.05, 0) is 24.3 Å². The van der Waals surface area contributed by atoms with Crippen LogP contribution in [0, 0.1) is 0 Å². The Balaban J connectivity index is 1.36. The van der Waals surface area contributed by atoms with Crippen molar-refractivity contribution in [3.8, 4) is 22.9 Å². The van der Waals surface area contributed by atoms with Gasteiger partial charge in [-0.1, -0.05) is 18.2 Å². The maximum atomic E-state index is 12.7. The fraction of sp³-hybridized carbons (Fsp3) is 0.333. The van der Waals surface area contributed by atoms with E-state index in [1.54, 1.807) is 32.4 Å². The van der Waals surface area contributed by atoms with Gasteiger partial charge in [0.15, 0.2) is 5.82 Å². The molecule has 0 saturated carbocycles. The number of methoxy groups -OCH3 is 2. The van der Waals surface area contributed by atoms with E-state index in [0.717, 1.165) is 13.1 Å². The van der Waals surface area contributed by atoms with Crippen molar-refractivity contribution in [1.82, 2.24) is 20.1 Å². The van der Waals surface area contributed by atoms with Crippen molar-refractivity contribution >= 4 is 11.6 Å². The average Bonchev–Trinajstić information content (AvgIpc) is 2.88. The molecule has 1 amide bonds. The summed E-state index contributed by atoms with van der Waals surface area (Å²) in [6.07, 6.45) is 0.456. The van der Waals surface area contributed by atoms with Gasteiger partial charge in [0.25, 0.3) is 5.56 Å². The average molecular weight is 450 g/mol. The second-order valence-corrected chi connectivity index (χ2v) is 7.75. The van der Waals surface area contributed by atoms with Gasteiger partial charge in [-0.15, -0.1) is 10.2 Å². The first-order valence-corrected chi connectivity index (χ1v) is 10.8. The Bertz CT molecular complexity index is 1130. The van der Waals surface area contributed by atoms with Crippen LogP contribution in [0.4, 0.5) is 5.69 Å². The molecular weight excluding hydrogens is 422 g/mol. The Labute approximate surface area is 192 Å². The monoisotopic (exact) mass is 449 g/mol. The summed E-state index contributed by atoms with van der Waals surface area (Å²) in [6, 6.07) is 15.4. The van der Waals surface area contributed by atoms with Crippen LogP contribution in [0.25, 0.3) is 11.4 Å². The lowest BCUT2D eigenvalue weighted by Crippen LogP contribution is -2.48. The number of hydrogen-bond acceptors (Lipinski definition) is 7. The molecule has 9 heteroatoms. The summed E-state index contributed by atoms with van der Waals surface area (Å²) in [5.74, 6) is 1.48. The lowest BCUT2D eigenvalue weighted by atomic mass is 10.1. The first kappa shape index (κ1) is 22.3. The number of carbonyl (C=O) groups is 1. The molecule has 0 atom stereocenters. The van der Waals surface area contributed by atoms with Crippen molar-refractivity contribution in [1.29, 1.82) is 0 Å². The van der Waals surface area contributed by atoms with E-state index in [-0.39, 0.29) is 30.0 Å². The predicted molar refractivity (Wildman–Crippen MR) is 125 cm³/mol. The molecule has 1 aliphatic rings. The van der Waals surface area contributed by atoms with Crippen molar-refractivity contribution in [3.63, 3.8) is 0 Å². The standard InChI is InChI=1S/C24H27N5O4/c1-32-19-14-17(15-20(16-19)33-2)23-25-24(31)21(26-27-23)8-9-22(30)29-12-10-28(11-13-29)18-6-4-3-5-7-18/h3-7,14-16H,8-13H2,1-2H3,(H,25,27,31). The zero-order valence-corrected chi connectivity index (χ0v) is 18.8. The minimum absolute atomic E-state index is 0.0190. The quantitative estimate of drug-likeness (QED) is 0.590. The molecule has 0 bridgehead atoms. The number of piperazine rings is 1. The zero-order valence-electron chi connectivity index (χ0n) is 18.8. The number of aryl methyl sites for hydroxylation is 1. The maximum Gasteiger partial charge on any atom is 0.273 e. The van der Waals surface area contributed by atoms with Gasteiger partial charge in [0.1, 0.15) is 17.2 Å². The number of aromatic amines is 1. The zero-order chi connectivity index (χ0) is 23.2. The van der Waals surface area contributed by atoms with Crippen LogP contribution >= 0.6 is 0 Å². The number of para-hydroxylation sites is 1. The van der Waals surface area contributed by atoms with Crippen LogP contribution in [0.15, 0.2) is 53.3 Å². The Morgan fingerprint density at radius 3 is 2.24 bits per heavy atom. The molecule has 0 spiro atoms. The summed E-state index contributed by atoms with van der Waals surface area (Å²) in [7, 11) is 3.10. The smallest absolute Gasteiger partial charge is 0.273 e. The highest BCUT2D eigenvalue weighted by Gasteiger charge is 2.21. The summed E-state index contributed by atoms with van der Waals surface area (Å²) in [4.78, 5) is 32.1. The topological polar surface area (TPSA) is 101 Å². The summed E-state index contributed by atoms with van der Waals surface area (Å²) in [6.45, 7) is 2.89. The second-order valence-electron chi connectivity index (χ2n) is 7.75. The molecule has 0 unspecified atom stereocenters. The number of benzene rings is 2. The van der Waals surface area contributed by atoms with Crippen molar-refractivity contribution in [2.45, 2.75) is 12.8 Å². The van der Waals surface area contributed by atoms with Gasteiger partial charge < -0.3 is 24.3 Å². The minimum Gasteiger partial charge on any atom is -0.497 e. The van der Waals surface area contributed by atoms with Gasteiger partial charge in [-0.3, -0.25) is 9.59 Å². The fourth-order valence-electron chi connectivity index (χ4n) is 3.83. The van der Waals surface area contributed by atoms with Crippen LogP contribution in [0.3, 0.4) is 0 Å². The van der Waals surface area contributed by atoms with Crippen LogP contribution < -0.4 is 19.9 Å². The number of amides is 1. The second kappa shape index (κ2) is 10.2. The Morgan fingerprint density at radius 2 is 1.64 bits per heavy atom. The summed E-state index contributed by atoms with van der Waals surface area (Å²) in [5.41, 5.74) is 1.67. The molecule has 172 valence electrons. The van der Waals surface area contributed by atoms with Gasteiger partial charge in [-0.25, -0.2) is 0 Å². The third kappa shape index (κ3) is 5.31. The van der Waals surface area contributed by atoms with Crippen molar-refractivity contribution in [2.24, 2.45) is 0 Å². The van der Waals surface area contributed by atoms with Crippen molar-refractivity contribution in [2.75, 3.05) is 45.3 Å². The molecule has 33 heavy (non-hydrogen) atoms. The number of nitrogens with zero attached hydrogens (tertiary/aromatic N) is 4. The molecule has 1 N–H and O–H groups in total. The molecular formula is C24H27N5O4. The van der Waals surface area contributed by atoms with Crippen molar-refractivity contribution in [3.05, 3.63) is 64.6 Å². The van der Waals surface area contributed by atoms with Gasteiger partial charge >= 0.3 is 0 Å². The van der Waals surface area contributed by atoms with E-state index >= 15 is 0 Å². The highest BCUT2D eigenvalue weighted by molar-refractivity contribution is 5.76. The number of anilines is 1. The minimum atomic E-state index is -0.358. The first-order chi connectivity index (χ1) is 16.1. The highest BCUT2D eigenvalue weighted by Crippen LogP contribution is 2.27. The largest absolute Gasteiger partial charge is 0.497 e. The fourth-order valence-corrected chi connectivity index (χ4v) is 3.83. The van der Waals surface area contributed by atoms with Gasteiger partial charge in [0, 0.05) is 56.3 Å². The molecule has 0 radical (unpaired) electrons. The van der Waals surface area contributed by atoms with Crippen molar-refractivity contribution < 1.29 is 14.3 Å². The number of aromatic nitrogens is 3. The molecule has 2 aromatic carbocycles. The van der Waals surface area contributed by atoms with Gasteiger partial charge in [-0.2, -0.15) is 0 Å². The van der Waals surface area contributed by atoms with E-state index in [1.807, 2.05) is 23.1 Å². The predicted octanol–water partition coefficient (Wildman–Crippen LogP) is 2.13. The summed E-state index contributed by atoms with van der Waals surface area (Å²) < 4.78 is 10.5. The third-order valence-electron chi connectivity index (χ3n) is 5.72. The number of hydrogen-bond donors (Lipinski definition) is 1. The summed E-state index contributed by atoms with van der Waals surface area (Å²) in [5, 5.41) is 8.23. The van der Waals surface area contributed by atoms with Crippen LogP contribution in [0.1, 0.15) is 12.1 Å². The van der Waals surface area contributed by atoms with Crippen LogP contribution in [-0.4, -0.2) is 66.4 Å². The number of nitrogens with one attached hydrogen (secondary N) is 1. The molecule has 1 saturated heterocycles. The van der Waals surface area contributed by atoms with Gasteiger partial charge in [0.2, 0.25) is 5.91 Å². The van der Waals surface area contributed by atoms with Crippen LogP contribution in [0.2, 0.25) is 0 Å². The molecule has 1 fully saturated rings. The number of carbonyl (C=O) groups excluding carboxylic acids is 1. The maximum absolute atomic E-state index is 12.7. The van der Waals surface area contributed by atoms with E-state index in [1.165, 1.54) is 5.69 Å². The SMILES string of the molecule is COc1cc(OC)cc(-c2nnc(CCC(=O)N3CCN(c4ccccc4)CC3)c(=O)[nH]2)c1. The number of ether oxygens (including phenoxy) is 2. The van der Waals surface area contributed by atoms with Crippen LogP contribution in [0.5, 0.6) is 11.5 Å². The Morgan fingerprint density at radius 1 is 0.970 bits per heavy atom. The van der Waals surface area contributed by atoms with Gasteiger partial charge in [0.05, 0.1) is 14.2 Å². The molecule has 9 nitrogen and oxygen atoms in total. The molecule has 1 aromatic heterocycles. The molecule has 4 rings (SSSR count). The number of rotatable bonds is 7. The normalized spacial score (nSPS) is 13.6. The van der Waals surface area contributed by atoms with E-state index in [4.69, 9.17) is 9.47 Å². The molecule has 0 aliphatic carbocycles. The lowest BCUT2D eigenvalue weighted by Gasteiger charge is -2.36. The van der Waals surface area contributed by atoms with E-state index in [0.29, 0.717) is 36.0 Å². The van der Waals surface area contributed by atoms with E-state index in [2.05, 4.69) is 32.2 Å². The highest BCUT2D eigenvalue weighted by atomic mass is 16.5. The lowest BCUT2D eigenvalue weighted by molar-refractivity contribution is -0.131. The molecule has 3 aromatic rings. The first-order valence-electron chi connectivity index (χ1n) is 10.8. The van der Waals surface area contributed by atoms with E-state index in [9.17, 15) is 9.59 Å². The molecule has 1 aliphatic heterocycles. The van der Waals surface area contributed by atoms with Crippen LogP contribution in [-0.2, 0) is 11.2 Å². The summed E-state index contributed by atoms with van der Waals surface area (Å²) >= 11 is 0. The number of H-pyrrole nitrogens is 1. The van der Waals surface area contributed by atoms with E-state index < -0.39 is 0 Å². The Hall–Kier alpha value is -3.88. The third-order valence-corrected chi connectivity index (χ3v) is 5.72. The molecule has 2 heterocycles. The Kier molecular flexibility index (Phi) is 6.87.